The number of anilines is 1. The molecule has 1 unspecified atom stereocenters. The third-order valence-corrected chi connectivity index (χ3v) is 7.06. The summed E-state index contributed by atoms with van der Waals surface area (Å²) in [5.74, 6) is 1.47. The van der Waals surface area contributed by atoms with E-state index in [0.717, 1.165) is 78.7 Å². The normalized spacial score (nSPS) is 14.2. The largest absolute Gasteiger partial charge is 0.340 e. The Bertz CT molecular complexity index is 1170. The molecule has 0 spiro atoms. The van der Waals surface area contributed by atoms with E-state index in [1.807, 2.05) is 30.3 Å². The summed E-state index contributed by atoms with van der Waals surface area (Å²) in [4.78, 5) is 9.83. The van der Waals surface area contributed by atoms with E-state index in [2.05, 4.69) is 25.7 Å². The topological polar surface area (TPSA) is 37.8 Å². The van der Waals surface area contributed by atoms with Crippen LogP contribution in [0.4, 0.5) is 10.2 Å². The second kappa shape index (κ2) is 11.1. The molecule has 0 fully saturated rings. The first-order chi connectivity index (χ1) is 16.5. The lowest BCUT2D eigenvalue weighted by molar-refractivity contribution is 0.588. The summed E-state index contributed by atoms with van der Waals surface area (Å²) in [6.07, 6.45) is 8.34. The number of hydrogen-bond donors (Lipinski definition) is 1. The number of nitrogens with one attached hydrogen (secondary N) is 1. The van der Waals surface area contributed by atoms with Crippen molar-refractivity contribution >= 4 is 23.1 Å². The van der Waals surface area contributed by atoms with Gasteiger partial charge in [0.15, 0.2) is 5.82 Å². The van der Waals surface area contributed by atoms with Gasteiger partial charge in [0.25, 0.3) is 0 Å². The quantitative estimate of drug-likeness (QED) is 0.330. The van der Waals surface area contributed by atoms with Crippen LogP contribution in [-0.4, -0.2) is 9.97 Å². The van der Waals surface area contributed by atoms with E-state index in [9.17, 15) is 4.39 Å². The van der Waals surface area contributed by atoms with Gasteiger partial charge in [-0.3, -0.25) is 0 Å². The molecule has 0 amide bonds. The Morgan fingerprint density at radius 2 is 1.88 bits per heavy atom. The maximum absolute atomic E-state index is 14.3. The summed E-state index contributed by atoms with van der Waals surface area (Å²) < 4.78 is 14.3. The van der Waals surface area contributed by atoms with Crippen LogP contribution in [0.25, 0.3) is 17.1 Å². The van der Waals surface area contributed by atoms with Crippen molar-refractivity contribution in [3.05, 3.63) is 82.3 Å². The second-order valence-electron chi connectivity index (χ2n) is 9.09. The van der Waals surface area contributed by atoms with Crippen molar-refractivity contribution in [1.82, 2.24) is 9.97 Å². The Hall–Kier alpha value is -2.72. The van der Waals surface area contributed by atoms with Crippen LogP contribution in [-0.2, 0) is 12.8 Å². The van der Waals surface area contributed by atoms with E-state index in [4.69, 9.17) is 21.6 Å². The molecule has 178 valence electrons. The van der Waals surface area contributed by atoms with Gasteiger partial charge in [-0.15, -0.1) is 0 Å². The number of rotatable bonds is 8. The fraction of sp³-hybridized carbons (Fsp3) is 0.379. The molecule has 1 aliphatic rings. The van der Waals surface area contributed by atoms with Crippen molar-refractivity contribution < 1.29 is 4.39 Å². The molecule has 0 bridgehead atoms. The highest BCUT2D eigenvalue weighted by molar-refractivity contribution is 6.33. The lowest BCUT2D eigenvalue weighted by Gasteiger charge is -2.22. The summed E-state index contributed by atoms with van der Waals surface area (Å²) in [6.45, 7) is 8.70. The van der Waals surface area contributed by atoms with Crippen molar-refractivity contribution in [2.75, 3.05) is 5.32 Å². The minimum atomic E-state index is -0.258. The van der Waals surface area contributed by atoms with Gasteiger partial charge in [-0.25, -0.2) is 14.4 Å². The maximum Gasteiger partial charge on any atom is 0.163 e. The number of fused-ring (bicyclic) bond motifs is 1. The zero-order valence-electron chi connectivity index (χ0n) is 20.1. The van der Waals surface area contributed by atoms with Crippen molar-refractivity contribution in [2.24, 2.45) is 0 Å². The third kappa shape index (κ3) is 5.33. The van der Waals surface area contributed by atoms with Crippen LogP contribution in [0.5, 0.6) is 0 Å². The average Bonchev–Trinajstić information content (AvgIpc) is 3.09. The summed E-state index contributed by atoms with van der Waals surface area (Å²) in [7, 11) is 0. The molecule has 1 atom stereocenters. The van der Waals surface area contributed by atoms with Crippen LogP contribution in [0, 0.1) is 5.82 Å². The average molecular weight is 478 g/mol. The minimum Gasteiger partial charge on any atom is -0.340 e. The highest BCUT2D eigenvalue weighted by atomic mass is 35.5. The van der Waals surface area contributed by atoms with Gasteiger partial charge in [0.2, 0.25) is 0 Å². The van der Waals surface area contributed by atoms with Gasteiger partial charge < -0.3 is 5.32 Å². The molecular formula is C29H33ClFN3. The van der Waals surface area contributed by atoms with Crippen molar-refractivity contribution in [3.8, 4) is 11.4 Å². The van der Waals surface area contributed by atoms with E-state index in [-0.39, 0.29) is 5.82 Å². The maximum atomic E-state index is 14.3. The molecule has 3 aromatic rings. The summed E-state index contributed by atoms with van der Waals surface area (Å²) in [6, 6.07) is 12.7. The number of halogens is 2. The molecule has 3 nitrogen and oxygen atoms in total. The minimum absolute atomic E-state index is 0.258. The molecule has 1 aliphatic carbocycles. The van der Waals surface area contributed by atoms with Gasteiger partial charge >= 0.3 is 0 Å². The van der Waals surface area contributed by atoms with Crippen LogP contribution < -0.4 is 5.32 Å². The van der Waals surface area contributed by atoms with Crippen LogP contribution in [0.1, 0.15) is 80.7 Å². The Labute approximate surface area is 207 Å². The van der Waals surface area contributed by atoms with Crippen LogP contribution in [0.3, 0.4) is 0 Å². The Kier molecular flexibility index (Phi) is 7.99. The summed E-state index contributed by atoms with van der Waals surface area (Å²) in [5.41, 5.74) is 5.63. The van der Waals surface area contributed by atoms with Crippen LogP contribution >= 0.6 is 11.6 Å². The molecule has 1 heterocycles. The molecule has 0 saturated heterocycles. The van der Waals surface area contributed by atoms with E-state index >= 15 is 0 Å². The van der Waals surface area contributed by atoms with E-state index < -0.39 is 0 Å². The van der Waals surface area contributed by atoms with Gasteiger partial charge in [-0.2, -0.15) is 0 Å². The molecule has 2 aromatic carbocycles. The highest BCUT2D eigenvalue weighted by Crippen LogP contribution is 2.35. The van der Waals surface area contributed by atoms with Gasteiger partial charge in [0.05, 0.1) is 5.02 Å². The van der Waals surface area contributed by atoms with E-state index in [1.165, 1.54) is 6.42 Å². The van der Waals surface area contributed by atoms with E-state index in [1.54, 1.807) is 12.1 Å². The monoisotopic (exact) mass is 477 g/mol. The SMILES string of the molecule is C=C(Nc1nc(-c2ccccc2Cl)nc2c1CCCCC2)c1cc(F)ccc1C(CC)CCC. The molecule has 0 radical (unpaired) electrons. The zero-order chi connectivity index (χ0) is 24.1. The predicted octanol–water partition coefficient (Wildman–Crippen LogP) is 8.58. The second-order valence-corrected chi connectivity index (χ2v) is 9.50. The number of aryl methyl sites for hydroxylation is 1. The molecule has 34 heavy (non-hydrogen) atoms. The van der Waals surface area contributed by atoms with Gasteiger partial charge in [0.1, 0.15) is 11.6 Å². The molecule has 4 rings (SSSR count). The number of benzene rings is 2. The number of nitrogens with zero attached hydrogens (tertiary/aromatic N) is 2. The standard InChI is InChI=1S/C29H33ClFN3/c1-4-11-20(5-2)22-17-16-21(31)18-25(22)19(3)32-29-24-13-7-6-8-15-27(24)33-28(34-29)23-12-9-10-14-26(23)30/h9-10,12,14,16-18,20H,3-8,11,13,15H2,1-2H3,(H,32,33,34). The molecule has 1 N–H and O–H groups in total. The van der Waals surface area contributed by atoms with E-state index in [0.29, 0.717) is 22.5 Å². The third-order valence-electron chi connectivity index (χ3n) is 6.73. The molecule has 0 saturated carbocycles. The van der Waals surface area contributed by atoms with Gasteiger partial charge in [-0.1, -0.05) is 63.1 Å². The highest BCUT2D eigenvalue weighted by Gasteiger charge is 2.21. The predicted molar refractivity (Wildman–Crippen MR) is 141 cm³/mol. The lowest BCUT2D eigenvalue weighted by Crippen LogP contribution is -2.11. The van der Waals surface area contributed by atoms with Crippen LogP contribution in [0.15, 0.2) is 49.0 Å². The molecular weight excluding hydrogens is 445 g/mol. The van der Waals surface area contributed by atoms with Gasteiger partial charge in [-0.05, 0) is 74.3 Å². The Balaban J connectivity index is 1.77. The van der Waals surface area contributed by atoms with Crippen molar-refractivity contribution in [2.45, 2.75) is 71.1 Å². The first kappa shape index (κ1) is 24.4. The van der Waals surface area contributed by atoms with Gasteiger partial charge in [0, 0.05) is 28.1 Å². The molecule has 5 heteroatoms. The van der Waals surface area contributed by atoms with Crippen molar-refractivity contribution in [1.29, 1.82) is 0 Å². The Morgan fingerprint density at radius 1 is 1.09 bits per heavy atom. The fourth-order valence-electron chi connectivity index (χ4n) is 4.92. The lowest BCUT2D eigenvalue weighted by atomic mass is 9.87. The fourth-order valence-corrected chi connectivity index (χ4v) is 5.14. The smallest absolute Gasteiger partial charge is 0.163 e. The first-order valence-corrected chi connectivity index (χ1v) is 12.8. The molecule has 0 aliphatic heterocycles. The van der Waals surface area contributed by atoms with Crippen LogP contribution in [0.2, 0.25) is 5.02 Å². The Morgan fingerprint density at radius 3 is 2.65 bits per heavy atom. The van der Waals surface area contributed by atoms with Crippen molar-refractivity contribution in [3.63, 3.8) is 0 Å². The summed E-state index contributed by atoms with van der Waals surface area (Å²) in [5, 5.41) is 4.10. The summed E-state index contributed by atoms with van der Waals surface area (Å²) >= 11 is 6.49. The first-order valence-electron chi connectivity index (χ1n) is 12.4. The number of aromatic nitrogens is 2. The number of hydrogen-bond acceptors (Lipinski definition) is 3. The zero-order valence-corrected chi connectivity index (χ0v) is 20.9. The molecule has 1 aromatic heterocycles.